The minimum atomic E-state index is -3.83. The predicted octanol–water partition coefficient (Wildman–Crippen LogP) is 0.254. The summed E-state index contributed by atoms with van der Waals surface area (Å²) in [5, 5.41) is 9.18. The van der Waals surface area contributed by atoms with Gasteiger partial charge in [-0.25, -0.2) is 8.42 Å². The molecule has 0 spiro atoms. The molecule has 0 aliphatic heterocycles. The van der Waals surface area contributed by atoms with Crippen LogP contribution in [-0.4, -0.2) is 39.1 Å². The van der Waals surface area contributed by atoms with E-state index in [1.54, 1.807) is 0 Å². The normalized spacial score (nSPS) is 16.2. The van der Waals surface area contributed by atoms with Crippen molar-refractivity contribution >= 4 is 22.0 Å². The smallest absolute Gasteiger partial charge is 0.320 e. The van der Waals surface area contributed by atoms with Gasteiger partial charge >= 0.3 is 11.9 Å². The molecule has 2 rings (SSSR count). The molecule has 21 heavy (non-hydrogen) atoms. The molecule has 8 heteroatoms. The average Bonchev–Trinajstić information content (AvgIpc) is 3.26. The van der Waals surface area contributed by atoms with Crippen LogP contribution >= 0.6 is 0 Å². The summed E-state index contributed by atoms with van der Waals surface area (Å²) in [6.07, 6.45) is 1.10. The molecule has 0 bridgehead atoms. The van der Waals surface area contributed by atoms with Crippen molar-refractivity contribution in [3.8, 4) is 0 Å². The average molecular weight is 313 g/mol. The van der Waals surface area contributed by atoms with Gasteiger partial charge in [-0.3, -0.25) is 9.59 Å². The maximum atomic E-state index is 11.9. The van der Waals surface area contributed by atoms with Crippen LogP contribution in [0, 0.1) is 0 Å². The molecule has 2 N–H and O–H groups in total. The Balaban J connectivity index is 2.15. The fourth-order valence-corrected chi connectivity index (χ4v) is 2.98. The Kier molecular flexibility index (Phi) is 4.02. The maximum absolute atomic E-state index is 11.9. The number of benzene rings is 1. The van der Waals surface area contributed by atoms with Gasteiger partial charge in [0.2, 0.25) is 10.0 Å². The highest BCUT2D eigenvalue weighted by molar-refractivity contribution is 7.89. The number of sulfonamides is 1. The molecule has 0 unspecified atom stereocenters. The van der Waals surface area contributed by atoms with Gasteiger partial charge in [0, 0.05) is 0 Å². The van der Waals surface area contributed by atoms with Crippen LogP contribution in [0.2, 0.25) is 0 Å². The van der Waals surface area contributed by atoms with E-state index in [2.05, 4.69) is 9.46 Å². The minimum absolute atomic E-state index is 0.0312. The number of esters is 1. The van der Waals surface area contributed by atoms with Crippen LogP contribution in [0.3, 0.4) is 0 Å². The second-order valence-electron chi connectivity index (χ2n) is 4.81. The van der Waals surface area contributed by atoms with Crippen LogP contribution in [0.5, 0.6) is 0 Å². The van der Waals surface area contributed by atoms with Crippen molar-refractivity contribution in [3.05, 3.63) is 29.8 Å². The third kappa shape index (κ3) is 3.06. The van der Waals surface area contributed by atoms with Crippen LogP contribution in [-0.2, 0) is 29.8 Å². The van der Waals surface area contributed by atoms with Gasteiger partial charge in [-0.1, -0.05) is 12.1 Å². The molecule has 114 valence electrons. The van der Waals surface area contributed by atoms with Gasteiger partial charge in [0.1, 0.15) is 6.54 Å². The Labute approximate surface area is 122 Å². The van der Waals surface area contributed by atoms with Crippen LogP contribution in [0.1, 0.15) is 18.4 Å². The summed E-state index contributed by atoms with van der Waals surface area (Å²) in [6.45, 7) is -0.459. The molecule has 0 radical (unpaired) electrons. The molecule has 1 aliphatic carbocycles. The first-order valence-corrected chi connectivity index (χ1v) is 7.70. The number of hydrogen-bond acceptors (Lipinski definition) is 5. The first kappa shape index (κ1) is 15.5. The summed E-state index contributed by atoms with van der Waals surface area (Å²) in [5.41, 5.74) is -0.288. The van der Waals surface area contributed by atoms with E-state index in [-0.39, 0.29) is 4.90 Å². The second-order valence-corrected chi connectivity index (χ2v) is 6.58. The van der Waals surface area contributed by atoms with E-state index in [0.29, 0.717) is 18.4 Å². The van der Waals surface area contributed by atoms with Gasteiger partial charge in [-0.05, 0) is 30.5 Å². The molecule has 0 amide bonds. The van der Waals surface area contributed by atoms with Crippen molar-refractivity contribution in [2.24, 2.45) is 0 Å². The lowest BCUT2D eigenvalue weighted by atomic mass is 9.96. The summed E-state index contributed by atoms with van der Waals surface area (Å²) in [6, 6.07) is 5.65. The molecule has 0 aromatic heterocycles. The van der Waals surface area contributed by atoms with E-state index in [9.17, 15) is 23.1 Å². The Morgan fingerprint density at radius 3 is 2.29 bits per heavy atom. The van der Waals surface area contributed by atoms with Gasteiger partial charge in [0.25, 0.3) is 0 Å². The number of ether oxygens (including phenoxy) is 1. The standard InChI is InChI=1S/C13H15NO6S/c1-20-11(15)8-14-21(18,19)10-4-2-9(3-5-10)13(6-7-13)12(16)17/h2-5,14H,6-8H2,1H3,(H,16,17). The highest BCUT2D eigenvalue weighted by Crippen LogP contribution is 2.48. The van der Waals surface area contributed by atoms with E-state index in [4.69, 9.17) is 0 Å². The summed E-state index contributed by atoms with van der Waals surface area (Å²) in [4.78, 5) is 22.1. The van der Waals surface area contributed by atoms with Crippen LogP contribution in [0.25, 0.3) is 0 Å². The number of carboxylic acids is 1. The largest absolute Gasteiger partial charge is 0.481 e. The lowest BCUT2D eigenvalue weighted by Crippen LogP contribution is -2.30. The molecule has 1 aromatic rings. The molecule has 0 saturated heterocycles. The fourth-order valence-electron chi connectivity index (χ4n) is 2.01. The van der Waals surface area contributed by atoms with Crippen molar-refractivity contribution < 1.29 is 27.9 Å². The van der Waals surface area contributed by atoms with Gasteiger partial charge < -0.3 is 9.84 Å². The van der Waals surface area contributed by atoms with Crippen molar-refractivity contribution in [1.29, 1.82) is 0 Å². The quantitative estimate of drug-likeness (QED) is 0.729. The summed E-state index contributed by atoms with van der Waals surface area (Å²) in [7, 11) is -2.67. The number of aliphatic carboxylic acids is 1. The first-order valence-electron chi connectivity index (χ1n) is 6.22. The van der Waals surface area contributed by atoms with Gasteiger partial charge in [-0.15, -0.1) is 0 Å². The zero-order valence-electron chi connectivity index (χ0n) is 11.3. The number of carboxylic acid groups (broad SMARTS) is 1. The summed E-state index contributed by atoms with van der Waals surface area (Å²) >= 11 is 0. The van der Waals surface area contributed by atoms with E-state index in [0.717, 1.165) is 7.11 Å². The molecule has 1 fully saturated rings. The molecular weight excluding hydrogens is 298 g/mol. The molecule has 1 aliphatic rings. The van der Waals surface area contributed by atoms with Gasteiger partial charge in [0.05, 0.1) is 17.4 Å². The summed E-state index contributed by atoms with van der Waals surface area (Å²) < 4.78 is 30.3. The first-order chi connectivity index (χ1) is 9.82. The number of carbonyl (C=O) groups is 2. The Hall–Kier alpha value is -1.93. The Bertz CT molecular complexity index is 660. The topological polar surface area (TPSA) is 110 Å². The van der Waals surface area contributed by atoms with E-state index in [1.807, 2.05) is 0 Å². The fraction of sp³-hybridized carbons (Fsp3) is 0.385. The molecule has 0 heterocycles. The highest BCUT2D eigenvalue weighted by Gasteiger charge is 2.51. The summed E-state index contributed by atoms with van der Waals surface area (Å²) in [5.74, 6) is -1.60. The third-order valence-corrected chi connectivity index (χ3v) is 4.93. The van der Waals surface area contributed by atoms with E-state index >= 15 is 0 Å². The zero-order chi connectivity index (χ0) is 15.7. The van der Waals surface area contributed by atoms with Crippen molar-refractivity contribution in [2.75, 3.05) is 13.7 Å². The van der Waals surface area contributed by atoms with E-state index < -0.39 is 33.9 Å². The Morgan fingerprint density at radius 2 is 1.86 bits per heavy atom. The number of nitrogens with one attached hydrogen (secondary N) is 1. The monoisotopic (exact) mass is 313 g/mol. The SMILES string of the molecule is COC(=O)CNS(=O)(=O)c1ccc(C2(C(=O)O)CC2)cc1. The third-order valence-electron chi connectivity index (χ3n) is 3.51. The van der Waals surface area contributed by atoms with Crippen molar-refractivity contribution in [1.82, 2.24) is 4.72 Å². The molecule has 1 aromatic carbocycles. The number of carbonyl (C=O) groups excluding carboxylic acids is 1. The van der Waals surface area contributed by atoms with Crippen LogP contribution in [0.15, 0.2) is 29.2 Å². The van der Waals surface area contributed by atoms with E-state index in [1.165, 1.54) is 24.3 Å². The minimum Gasteiger partial charge on any atom is -0.481 e. The molecule has 1 saturated carbocycles. The van der Waals surface area contributed by atoms with Crippen molar-refractivity contribution in [3.63, 3.8) is 0 Å². The highest BCUT2D eigenvalue weighted by atomic mass is 32.2. The molecule has 0 atom stereocenters. The predicted molar refractivity (Wildman–Crippen MR) is 72.2 cm³/mol. The molecular formula is C13H15NO6S. The molecule has 7 nitrogen and oxygen atoms in total. The van der Waals surface area contributed by atoms with Crippen LogP contribution in [0.4, 0.5) is 0 Å². The van der Waals surface area contributed by atoms with Crippen molar-refractivity contribution in [2.45, 2.75) is 23.2 Å². The zero-order valence-corrected chi connectivity index (χ0v) is 12.1. The Morgan fingerprint density at radius 1 is 1.29 bits per heavy atom. The number of rotatable bonds is 6. The van der Waals surface area contributed by atoms with Crippen LogP contribution < -0.4 is 4.72 Å². The maximum Gasteiger partial charge on any atom is 0.320 e. The number of hydrogen-bond donors (Lipinski definition) is 2. The second kappa shape index (κ2) is 5.45. The van der Waals surface area contributed by atoms with Gasteiger partial charge in [0.15, 0.2) is 0 Å². The number of methoxy groups -OCH3 is 1. The lowest BCUT2D eigenvalue weighted by Gasteiger charge is -2.11. The lowest BCUT2D eigenvalue weighted by molar-refractivity contribution is -0.140. The van der Waals surface area contributed by atoms with Gasteiger partial charge in [-0.2, -0.15) is 4.72 Å².